The van der Waals surface area contributed by atoms with Crippen molar-refractivity contribution in [2.45, 2.75) is 38.0 Å². The maximum Gasteiger partial charge on any atom is 0.410 e. The Morgan fingerprint density at radius 2 is 2.21 bits per heavy atom. The van der Waals surface area contributed by atoms with Gasteiger partial charge < -0.3 is 9.64 Å². The van der Waals surface area contributed by atoms with Gasteiger partial charge in [0.1, 0.15) is 5.60 Å². The number of carbonyl (C=O) groups is 1. The van der Waals surface area contributed by atoms with Crippen LogP contribution in [0.15, 0.2) is 0 Å². The first-order valence-electron chi connectivity index (χ1n) is 4.76. The van der Waals surface area contributed by atoms with E-state index in [0.717, 1.165) is 13.0 Å². The number of nitrogens with zero attached hydrogens (tertiary/aromatic N) is 1. The first-order chi connectivity index (χ1) is 6.42. The number of rotatable bonds is 1. The Bertz CT molecular complexity index is 215. The molecule has 1 aliphatic rings. The molecule has 0 aromatic rings. The minimum atomic E-state index is -0.412. The van der Waals surface area contributed by atoms with Gasteiger partial charge in [0.2, 0.25) is 0 Å². The van der Waals surface area contributed by atoms with E-state index >= 15 is 0 Å². The molecule has 0 radical (unpaired) electrons. The lowest BCUT2D eigenvalue weighted by Gasteiger charge is -2.24. The molecule has 82 valence electrons. The van der Waals surface area contributed by atoms with E-state index < -0.39 is 5.60 Å². The molecule has 2 N–H and O–H groups in total. The minimum absolute atomic E-state index is 0.228. The molecule has 0 aromatic carbocycles. The van der Waals surface area contributed by atoms with E-state index in [0.29, 0.717) is 11.8 Å². The van der Waals surface area contributed by atoms with Gasteiger partial charge in [0.25, 0.3) is 0 Å². The van der Waals surface area contributed by atoms with Gasteiger partial charge in [-0.05, 0) is 27.2 Å². The molecule has 1 amide bonds. The molecule has 1 unspecified atom stereocenters. The van der Waals surface area contributed by atoms with Crippen molar-refractivity contribution in [1.29, 1.82) is 0 Å². The predicted molar refractivity (Wildman–Crippen MR) is 58.0 cm³/mol. The van der Waals surface area contributed by atoms with Gasteiger partial charge in [-0.25, -0.2) is 4.79 Å². The summed E-state index contributed by atoms with van der Waals surface area (Å²) in [4.78, 5) is 13.3. The molecule has 0 aliphatic carbocycles. The summed E-state index contributed by atoms with van der Waals surface area (Å²) in [5.74, 6) is 0. The average Bonchev–Trinajstić information content (AvgIpc) is 2.48. The van der Waals surface area contributed by atoms with Crippen molar-refractivity contribution in [2.75, 3.05) is 13.1 Å². The zero-order valence-corrected chi connectivity index (χ0v) is 9.76. The van der Waals surface area contributed by atoms with Gasteiger partial charge in [-0.1, -0.05) is 11.9 Å². The van der Waals surface area contributed by atoms with Crippen LogP contribution < -0.4 is 5.14 Å². The normalized spacial score (nSPS) is 22.6. The van der Waals surface area contributed by atoms with Crippen molar-refractivity contribution in [3.8, 4) is 0 Å². The maximum absolute atomic E-state index is 11.6. The summed E-state index contributed by atoms with van der Waals surface area (Å²) >= 11 is 1.32. The largest absolute Gasteiger partial charge is 0.444 e. The molecule has 0 saturated carbocycles. The van der Waals surface area contributed by atoms with E-state index in [-0.39, 0.29) is 6.09 Å². The highest BCUT2D eigenvalue weighted by Crippen LogP contribution is 2.20. The second-order valence-electron chi connectivity index (χ2n) is 4.47. The molecular formula is C9H18N2O2S. The lowest BCUT2D eigenvalue weighted by Crippen LogP contribution is -2.35. The van der Waals surface area contributed by atoms with Crippen LogP contribution in [0.3, 0.4) is 0 Å². The van der Waals surface area contributed by atoms with Gasteiger partial charge in [-0.15, -0.1) is 0 Å². The maximum atomic E-state index is 11.6. The number of ether oxygens (including phenoxy) is 1. The van der Waals surface area contributed by atoms with Gasteiger partial charge >= 0.3 is 6.09 Å². The zero-order chi connectivity index (χ0) is 10.8. The van der Waals surface area contributed by atoms with Crippen LogP contribution >= 0.6 is 11.9 Å². The molecule has 5 heteroatoms. The molecule has 0 bridgehead atoms. The third-order valence-electron chi connectivity index (χ3n) is 1.99. The van der Waals surface area contributed by atoms with E-state index in [4.69, 9.17) is 9.88 Å². The Kier molecular flexibility index (Phi) is 3.66. The van der Waals surface area contributed by atoms with Crippen LogP contribution in [-0.2, 0) is 4.74 Å². The van der Waals surface area contributed by atoms with Gasteiger partial charge in [-0.3, -0.25) is 5.14 Å². The summed E-state index contributed by atoms with van der Waals surface area (Å²) in [6.45, 7) is 7.07. The van der Waals surface area contributed by atoms with Crippen LogP contribution in [0.2, 0.25) is 0 Å². The van der Waals surface area contributed by atoms with Crippen LogP contribution in [0.1, 0.15) is 27.2 Å². The van der Waals surface area contributed by atoms with E-state index in [1.165, 1.54) is 11.9 Å². The fourth-order valence-corrected chi connectivity index (χ4v) is 1.84. The number of carbonyl (C=O) groups excluding carboxylic acids is 1. The minimum Gasteiger partial charge on any atom is -0.444 e. The number of likely N-dealkylation sites (tertiary alicyclic amines) is 1. The summed E-state index contributed by atoms with van der Waals surface area (Å²) in [7, 11) is 0. The predicted octanol–water partition coefficient (Wildman–Crippen LogP) is 1.60. The summed E-state index contributed by atoms with van der Waals surface area (Å²) in [6, 6.07) is 0. The highest BCUT2D eigenvalue weighted by molar-refractivity contribution is 7.97. The summed E-state index contributed by atoms with van der Waals surface area (Å²) in [6.07, 6.45) is 0.731. The van der Waals surface area contributed by atoms with E-state index in [2.05, 4.69) is 0 Å². The smallest absolute Gasteiger partial charge is 0.410 e. The third-order valence-corrected chi connectivity index (χ3v) is 2.76. The summed E-state index contributed by atoms with van der Waals surface area (Å²) in [5, 5.41) is 5.82. The molecule has 1 rings (SSSR count). The molecule has 4 nitrogen and oxygen atoms in total. The highest BCUT2D eigenvalue weighted by Gasteiger charge is 2.29. The lowest BCUT2D eigenvalue weighted by molar-refractivity contribution is 0.0295. The Hall–Kier alpha value is -0.420. The van der Waals surface area contributed by atoms with E-state index in [1.807, 2.05) is 20.8 Å². The Labute approximate surface area is 89.3 Å². The molecule has 14 heavy (non-hydrogen) atoms. The SMILES string of the molecule is CC(C)(C)OC(=O)N1CCC(SN)C1. The monoisotopic (exact) mass is 218 g/mol. The second kappa shape index (κ2) is 4.40. The fourth-order valence-electron chi connectivity index (χ4n) is 1.33. The van der Waals surface area contributed by atoms with Crippen molar-refractivity contribution < 1.29 is 9.53 Å². The van der Waals surface area contributed by atoms with Crippen molar-refractivity contribution in [2.24, 2.45) is 5.14 Å². The van der Waals surface area contributed by atoms with Crippen molar-refractivity contribution >= 4 is 18.0 Å². The molecule has 1 aliphatic heterocycles. The standard InChI is InChI=1S/C9H18N2O2S/c1-9(2,3)13-8(12)11-5-4-7(6-11)14-10/h7H,4-6,10H2,1-3H3. The molecule has 0 spiro atoms. The van der Waals surface area contributed by atoms with Crippen molar-refractivity contribution in [3.63, 3.8) is 0 Å². The number of hydrogen-bond acceptors (Lipinski definition) is 4. The average molecular weight is 218 g/mol. The van der Waals surface area contributed by atoms with Gasteiger partial charge in [0, 0.05) is 18.3 Å². The van der Waals surface area contributed by atoms with Crippen LogP contribution in [-0.4, -0.2) is 34.9 Å². The Morgan fingerprint density at radius 1 is 1.57 bits per heavy atom. The third kappa shape index (κ3) is 3.38. The second-order valence-corrected chi connectivity index (χ2v) is 5.41. The van der Waals surface area contributed by atoms with E-state index in [9.17, 15) is 4.79 Å². The summed E-state index contributed by atoms with van der Waals surface area (Å²) in [5.41, 5.74) is -0.412. The number of hydrogen-bond donors (Lipinski definition) is 1. The van der Waals surface area contributed by atoms with Crippen LogP contribution in [0.5, 0.6) is 0 Å². The Balaban J connectivity index is 2.40. The van der Waals surface area contributed by atoms with Crippen LogP contribution in [0.4, 0.5) is 4.79 Å². The van der Waals surface area contributed by atoms with E-state index in [1.54, 1.807) is 4.90 Å². The van der Waals surface area contributed by atoms with Crippen molar-refractivity contribution in [3.05, 3.63) is 0 Å². The van der Waals surface area contributed by atoms with Crippen molar-refractivity contribution in [1.82, 2.24) is 4.90 Å². The van der Waals surface area contributed by atoms with Gasteiger partial charge in [-0.2, -0.15) is 0 Å². The molecule has 1 fully saturated rings. The molecule has 1 heterocycles. The topological polar surface area (TPSA) is 55.6 Å². The lowest BCUT2D eigenvalue weighted by atomic mass is 10.2. The fraction of sp³-hybridized carbons (Fsp3) is 0.889. The Morgan fingerprint density at radius 3 is 2.64 bits per heavy atom. The molecule has 1 atom stereocenters. The van der Waals surface area contributed by atoms with Crippen LogP contribution in [0.25, 0.3) is 0 Å². The number of nitrogens with two attached hydrogens (primary N) is 1. The first-order valence-corrected chi connectivity index (χ1v) is 5.70. The highest BCUT2D eigenvalue weighted by atomic mass is 32.2. The molecule has 1 saturated heterocycles. The quantitative estimate of drug-likeness (QED) is 0.679. The molecular weight excluding hydrogens is 200 g/mol. The first kappa shape index (κ1) is 11.7. The zero-order valence-electron chi connectivity index (χ0n) is 8.95. The molecule has 0 aromatic heterocycles. The van der Waals surface area contributed by atoms with Crippen LogP contribution in [0, 0.1) is 0 Å². The number of amides is 1. The van der Waals surface area contributed by atoms with Gasteiger partial charge in [0.15, 0.2) is 0 Å². The summed E-state index contributed by atoms with van der Waals surface area (Å²) < 4.78 is 5.25. The van der Waals surface area contributed by atoms with Gasteiger partial charge in [0.05, 0.1) is 0 Å².